The van der Waals surface area contributed by atoms with Gasteiger partial charge in [0.05, 0.1) is 0 Å². The van der Waals surface area contributed by atoms with Crippen LogP contribution in [0.3, 0.4) is 0 Å². The number of nitrogens with zero attached hydrogens (tertiary/aromatic N) is 2. The third kappa shape index (κ3) is 1.18. The van der Waals surface area contributed by atoms with Crippen LogP contribution in [0.15, 0.2) is 6.20 Å². The Morgan fingerprint density at radius 3 is 3.29 bits per heavy atom. The molecule has 1 aromatic heterocycles. The molecule has 1 saturated heterocycles. The molecule has 0 radical (unpaired) electrons. The maximum atomic E-state index is 5.59. The number of nitrogens with one attached hydrogen (secondary N) is 1. The molecule has 1 fully saturated rings. The molecule has 3 N–H and O–H groups in total. The lowest BCUT2D eigenvalue weighted by Crippen LogP contribution is -2.39. The van der Waals surface area contributed by atoms with Crippen LogP contribution < -0.4 is 11.1 Å². The Hall–Kier alpha value is -1.16. The van der Waals surface area contributed by atoms with Crippen LogP contribution in [0.5, 0.6) is 0 Å². The normalized spacial score (nSPS) is 29.7. The van der Waals surface area contributed by atoms with Gasteiger partial charge in [0.15, 0.2) is 0 Å². The fourth-order valence-electron chi connectivity index (χ4n) is 2.64. The molecule has 2 unspecified atom stereocenters. The molecule has 14 heavy (non-hydrogen) atoms. The predicted octanol–water partition coefficient (Wildman–Crippen LogP) is 0.308. The molecule has 0 spiro atoms. The quantitative estimate of drug-likeness (QED) is 0.618. The largest absolute Gasteiger partial charge is 0.368 e. The number of hydrogen-bond donors (Lipinski definition) is 2. The number of hydrogen-bond acceptors (Lipinski definition) is 4. The molecule has 1 aromatic rings. The number of nitrogen functional groups attached to an aromatic ring is 1. The fourth-order valence-corrected chi connectivity index (χ4v) is 2.64. The summed E-state index contributed by atoms with van der Waals surface area (Å²) in [5.41, 5.74) is 8.08. The van der Waals surface area contributed by atoms with Crippen molar-refractivity contribution in [3.8, 4) is 0 Å². The Morgan fingerprint density at radius 1 is 1.43 bits per heavy atom. The molecule has 2 heterocycles. The van der Waals surface area contributed by atoms with E-state index in [0.717, 1.165) is 25.4 Å². The lowest BCUT2D eigenvalue weighted by atomic mass is 9.77. The summed E-state index contributed by atoms with van der Waals surface area (Å²) in [6.07, 6.45) is 4.25. The molecule has 3 rings (SSSR count). The van der Waals surface area contributed by atoms with Crippen molar-refractivity contribution >= 4 is 5.95 Å². The average Bonchev–Trinajstić information content (AvgIpc) is 2.17. The second-order valence-electron chi connectivity index (χ2n) is 4.29. The second kappa shape index (κ2) is 2.92. The maximum Gasteiger partial charge on any atom is 0.220 e. The van der Waals surface area contributed by atoms with Crippen LogP contribution in [0.25, 0.3) is 0 Å². The Kier molecular flexibility index (Phi) is 1.70. The molecule has 2 aliphatic rings. The number of piperidine rings is 1. The summed E-state index contributed by atoms with van der Waals surface area (Å²) in [6, 6.07) is 0. The standard InChI is InChI=1S/C10H14N4/c11-10-13-5-8-7-1-6(3-12-4-7)2-9(8)14-10/h5-7,12H,1-4H2,(H2,11,13,14). The Balaban J connectivity index is 2.06. The van der Waals surface area contributed by atoms with Gasteiger partial charge in [-0.25, -0.2) is 9.97 Å². The van der Waals surface area contributed by atoms with Gasteiger partial charge in [-0.3, -0.25) is 0 Å². The van der Waals surface area contributed by atoms with E-state index in [4.69, 9.17) is 5.73 Å². The van der Waals surface area contributed by atoms with Gasteiger partial charge in [0.1, 0.15) is 0 Å². The highest BCUT2D eigenvalue weighted by atomic mass is 15.0. The molecule has 74 valence electrons. The van der Waals surface area contributed by atoms with Crippen molar-refractivity contribution in [1.82, 2.24) is 15.3 Å². The Labute approximate surface area is 82.9 Å². The van der Waals surface area contributed by atoms with Gasteiger partial charge in [-0.15, -0.1) is 0 Å². The first-order valence-corrected chi connectivity index (χ1v) is 5.15. The van der Waals surface area contributed by atoms with Gasteiger partial charge in [0, 0.05) is 18.4 Å². The number of rotatable bonds is 0. The predicted molar refractivity (Wildman–Crippen MR) is 53.9 cm³/mol. The van der Waals surface area contributed by atoms with Gasteiger partial charge in [0.2, 0.25) is 5.95 Å². The van der Waals surface area contributed by atoms with E-state index < -0.39 is 0 Å². The fraction of sp³-hybridized carbons (Fsp3) is 0.600. The first-order valence-electron chi connectivity index (χ1n) is 5.15. The molecule has 1 aliphatic carbocycles. The van der Waals surface area contributed by atoms with Crippen LogP contribution in [0.1, 0.15) is 23.6 Å². The summed E-state index contributed by atoms with van der Waals surface area (Å²) in [5, 5.41) is 3.46. The van der Waals surface area contributed by atoms with E-state index in [1.807, 2.05) is 6.20 Å². The van der Waals surface area contributed by atoms with Gasteiger partial charge in [-0.05, 0) is 36.8 Å². The van der Waals surface area contributed by atoms with Crippen LogP contribution in [0, 0.1) is 5.92 Å². The van der Waals surface area contributed by atoms with Crippen molar-refractivity contribution in [2.75, 3.05) is 18.8 Å². The zero-order valence-electron chi connectivity index (χ0n) is 8.03. The van der Waals surface area contributed by atoms with Gasteiger partial charge in [-0.2, -0.15) is 0 Å². The molecular weight excluding hydrogens is 176 g/mol. The Morgan fingerprint density at radius 2 is 2.36 bits per heavy atom. The molecule has 0 amide bonds. The van der Waals surface area contributed by atoms with Gasteiger partial charge < -0.3 is 11.1 Å². The van der Waals surface area contributed by atoms with Crippen molar-refractivity contribution in [3.63, 3.8) is 0 Å². The van der Waals surface area contributed by atoms with E-state index >= 15 is 0 Å². The number of nitrogens with two attached hydrogens (primary N) is 1. The number of anilines is 1. The van der Waals surface area contributed by atoms with E-state index in [9.17, 15) is 0 Å². The summed E-state index contributed by atoms with van der Waals surface area (Å²) >= 11 is 0. The van der Waals surface area contributed by atoms with Gasteiger partial charge in [-0.1, -0.05) is 0 Å². The summed E-state index contributed by atoms with van der Waals surface area (Å²) in [4.78, 5) is 8.41. The van der Waals surface area contributed by atoms with Crippen molar-refractivity contribution in [2.45, 2.75) is 18.8 Å². The molecule has 0 aromatic carbocycles. The van der Waals surface area contributed by atoms with Crippen molar-refractivity contribution in [1.29, 1.82) is 0 Å². The molecule has 0 saturated carbocycles. The zero-order valence-corrected chi connectivity index (χ0v) is 8.03. The lowest BCUT2D eigenvalue weighted by molar-refractivity contribution is 0.313. The van der Waals surface area contributed by atoms with E-state index in [2.05, 4.69) is 15.3 Å². The molecule has 1 aliphatic heterocycles. The molecule has 2 atom stereocenters. The average molecular weight is 190 g/mol. The van der Waals surface area contributed by atoms with Gasteiger partial charge in [0.25, 0.3) is 0 Å². The molecule has 4 heteroatoms. The van der Waals surface area contributed by atoms with E-state index in [0.29, 0.717) is 11.9 Å². The van der Waals surface area contributed by atoms with Crippen LogP contribution >= 0.6 is 0 Å². The third-order valence-electron chi connectivity index (χ3n) is 3.28. The topological polar surface area (TPSA) is 63.8 Å². The van der Waals surface area contributed by atoms with E-state index in [-0.39, 0.29) is 0 Å². The summed E-state index contributed by atoms with van der Waals surface area (Å²) in [5.74, 6) is 1.77. The Bertz CT molecular complexity index is 363. The lowest BCUT2D eigenvalue weighted by Gasteiger charge is -2.35. The monoisotopic (exact) mass is 190 g/mol. The molecule has 2 bridgehead atoms. The minimum absolute atomic E-state index is 0.414. The summed E-state index contributed by atoms with van der Waals surface area (Å²) < 4.78 is 0. The second-order valence-corrected chi connectivity index (χ2v) is 4.29. The maximum absolute atomic E-state index is 5.59. The summed E-state index contributed by atoms with van der Waals surface area (Å²) in [6.45, 7) is 2.19. The van der Waals surface area contributed by atoms with Crippen LogP contribution in [-0.2, 0) is 6.42 Å². The molecule has 4 nitrogen and oxygen atoms in total. The minimum Gasteiger partial charge on any atom is -0.368 e. The third-order valence-corrected chi connectivity index (χ3v) is 3.28. The van der Waals surface area contributed by atoms with E-state index in [1.54, 1.807) is 0 Å². The highest BCUT2D eigenvalue weighted by Gasteiger charge is 2.31. The molecular formula is C10H14N4. The van der Waals surface area contributed by atoms with E-state index in [1.165, 1.54) is 17.7 Å². The highest BCUT2D eigenvalue weighted by molar-refractivity contribution is 5.31. The van der Waals surface area contributed by atoms with Crippen LogP contribution in [-0.4, -0.2) is 23.1 Å². The first-order chi connectivity index (χ1) is 6.83. The van der Waals surface area contributed by atoms with Crippen molar-refractivity contribution in [2.24, 2.45) is 5.92 Å². The van der Waals surface area contributed by atoms with Crippen LogP contribution in [0.4, 0.5) is 5.95 Å². The van der Waals surface area contributed by atoms with Crippen LogP contribution in [0.2, 0.25) is 0 Å². The first kappa shape index (κ1) is 8.17. The van der Waals surface area contributed by atoms with Crippen molar-refractivity contribution < 1.29 is 0 Å². The number of aromatic nitrogens is 2. The SMILES string of the molecule is Nc1ncc2c(n1)CC1CNCC2C1. The van der Waals surface area contributed by atoms with Crippen molar-refractivity contribution in [3.05, 3.63) is 17.5 Å². The zero-order chi connectivity index (χ0) is 9.54. The highest BCUT2D eigenvalue weighted by Crippen LogP contribution is 2.35. The van der Waals surface area contributed by atoms with Gasteiger partial charge >= 0.3 is 0 Å². The smallest absolute Gasteiger partial charge is 0.220 e. The number of fused-ring (bicyclic) bond motifs is 4. The summed E-state index contributed by atoms with van der Waals surface area (Å²) in [7, 11) is 0. The minimum atomic E-state index is 0.414.